The molecule has 1 aromatic heterocycles. The molecule has 0 aliphatic carbocycles. The lowest BCUT2D eigenvalue weighted by Gasteiger charge is -2.00. The van der Waals surface area contributed by atoms with Crippen LogP contribution in [0.4, 0.5) is 0 Å². The number of rotatable bonds is 2. The first-order valence-corrected chi connectivity index (χ1v) is 4.78. The summed E-state index contributed by atoms with van der Waals surface area (Å²) in [5.74, 6) is -1.22. The summed E-state index contributed by atoms with van der Waals surface area (Å²) in [6.45, 7) is 1.62. The highest BCUT2D eigenvalue weighted by atomic mass is 79.9. The Labute approximate surface area is 89.4 Å². The summed E-state index contributed by atoms with van der Waals surface area (Å²) in [5.41, 5.74) is 0.251. The van der Waals surface area contributed by atoms with Gasteiger partial charge in [-0.05, 0) is 22.0 Å². The van der Waals surface area contributed by atoms with Gasteiger partial charge in [0, 0.05) is 23.3 Å². The summed E-state index contributed by atoms with van der Waals surface area (Å²) < 4.78 is 5.16. The zero-order chi connectivity index (χ0) is 10.6. The highest BCUT2D eigenvalue weighted by molar-refractivity contribution is 9.10. The molecule has 4 nitrogen and oxygen atoms in total. The number of halogens is 1. The van der Waals surface area contributed by atoms with Gasteiger partial charge in [-0.15, -0.1) is 0 Å². The van der Waals surface area contributed by atoms with E-state index in [1.807, 2.05) is 0 Å². The highest BCUT2D eigenvalue weighted by Crippen LogP contribution is 2.10. The molecule has 0 saturated heterocycles. The van der Waals surface area contributed by atoms with Gasteiger partial charge in [0.25, 0.3) is 0 Å². The second kappa shape index (κ2) is 4.85. The minimum absolute atomic E-state index is 0.174. The van der Waals surface area contributed by atoms with E-state index in [0.29, 0.717) is 4.47 Å². The second-order valence-corrected chi connectivity index (χ2v) is 3.42. The number of ether oxygens (including phenoxy) is 1. The van der Waals surface area contributed by atoms with Crippen LogP contribution < -0.4 is 0 Å². The van der Waals surface area contributed by atoms with Crippen LogP contribution in [0, 0.1) is 0 Å². The van der Waals surface area contributed by atoms with Crippen molar-refractivity contribution in [3.8, 4) is 0 Å². The molecule has 0 amide bonds. The highest BCUT2D eigenvalue weighted by Gasteiger charge is 2.11. The molecular formula is C9H8BrNO3. The van der Waals surface area contributed by atoms with Crippen molar-refractivity contribution in [3.05, 3.63) is 28.5 Å². The molecule has 0 atom stereocenters. The number of hydrogen-bond donors (Lipinski definition) is 0. The van der Waals surface area contributed by atoms with E-state index in [9.17, 15) is 9.59 Å². The molecule has 1 rings (SSSR count). The molecule has 0 aromatic carbocycles. The molecule has 0 aliphatic rings. The SMILES string of the molecule is CCC(=O)OC(=O)c1cncc(Br)c1. The third-order valence-electron chi connectivity index (χ3n) is 1.44. The summed E-state index contributed by atoms with van der Waals surface area (Å²) in [4.78, 5) is 25.8. The van der Waals surface area contributed by atoms with Crippen molar-refractivity contribution in [1.82, 2.24) is 4.98 Å². The third kappa shape index (κ3) is 2.92. The Balaban J connectivity index is 2.75. The van der Waals surface area contributed by atoms with E-state index in [2.05, 4.69) is 25.7 Å². The summed E-state index contributed by atoms with van der Waals surface area (Å²) in [6.07, 6.45) is 3.06. The number of pyridine rings is 1. The quantitative estimate of drug-likeness (QED) is 0.600. The molecule has 0 unspecified atom stereocenters. The Hall–Kier alpha value is -1.23. The van der Waals surface area contributed by atoms with E-state index in [0.717, 1.165) is 0 Å². The predicted molar refractivity (Wildman–Crippen MR) is 52.7 cm³/mol. The molecule has 1 heterocycles. The number of esters is 2. The van der Waals surface area contributed by atoms with Crippen LogP contribution >= 0.6 is 15.9 Å². The molecule has 0 radical (unpaired) electrons. The Morgan fingerprint density at radius 2 is 2.21 bits per heavy atom. The predicted octanol–water partition coefficient (Wildman–Crippen LogP) is 1.94. The third-order valence-corrected chi connectivity index (χ3v) is 1.87. The number of carbonyl (C=O) groups excluding carboxylic acids is 2. The number of carbonyl (C=O) groups is 2. The molecule has 74 valence electrons. The molecule has 1 aromatic rings. The minimum Gasteiger partial charge on any atom is -0.389 e. The van der Waals surface area contributed by atoms with Crippen LogP contribution in [-0.2, 0) is 9.53 Å². The van der Waals surface area contributed by atoms with Crippen LogP contribution in [0.5, 0.6) is 0 Å². The fourth-order valence-corrected chi connectivity index (χ4v) is 1.12. The first-order chi connectivity index (χ1) is 6.63. The number of hydrogen-bond acceptors (Lipinski definition) is 4. The molecule has 0 fully saturated rings. The fourth-order valence-electron chi connectivity index (χ4n) is 0.758. The van der Waals surface area contributed by atoms with Crippen LogP contribution in [0.25, 0.3) is 0 Å². The van der Waals surface area contributed by atoms with Crippen LogP contribution in [0.15, 0.2) is 22.9 Å². The van der Waals surface area contributed by atoms with Crippen LogP contribution in [0.3, 0.4) is 0 Å². The monoisotopic (exact) mass is 257 g/mol. The van der Waals surface area contributed by atoms with Crippen molar-refractivity contribution in [3.63, 3.8) is 0 Å². The summed E-state index contributed by atoms with van der Waals surface area (Å²) in [5, 5.41) is 0. The second-order valence-electron chi connectivity index (χ2n) is 2.51. The molecule has 0 spiro atoms. The Morgan fingerprint density at radius 1 is 1.50 bits per heavy atom. The van der Waals surface area contributed by atoms with E-state index < -0.39 is 11.9 Å². The van der Waals surface area contributed by atoms with Gasteiger partial charge in [0.2, 0.25) is 0 Å². The zero-order valence-electron chi connectivity index (χ0n) is 7.49. The van der Waals surface area contributed by atoms with Gasteiger partial charge in [-0.3, -0.25) is 9.78 Å². The standard InChI is InChI=1S/C9H8BrNO3/c1-2-8(12)14-9(13)6-3-7(10)5-11-4-6/h3-5H,2H2,1H3. The summed E-state index contributed by atoms with van der Waals surface area (Å²) in [7, 11) is 0. The van der Waals surface area contributed by atoms with Gasteiger partial charge in [0.1, 0.15) is 0 Å². The topological polar surface area (TPSA) is 56.3 Å². The molecule has 14 heavy (non-hydrogen) atoms. The first-order valence-electron chi connectivity index (χ1n) is 3.99. The van der Waals surface area contributed by atoms with Crippen LogP contribution in [0.1, 0.15) is 23.7 Å². The minimum atomic E-state index is -0.675. The zero-order valence-corrected chi connectivity index (χ0v) is 9.08. The normalized spacial score (nSPS) is 9.57. The lowest BCUT2D eigenvalue weighted by atomic mass is 10.3. The molecule has 0 aliphatic heterocycles. The van der Waals surface area contributed by atoms with E-state index in [-0.39, 0.29) is 12.0 Å². The maximum Gasteiger partial charge on any atom is 0.347 e. The summed E-state index contributed by atoms with van der Waals surface area (Å²) in [6, 6.07) is 1.54. The lowest BCUT2D eigenvalue weighted by molar-refractivity contribution is -0.137. The van der Waals surface area contributed by atoms with E-state index in [1.54, 1.807) is 13.1 Å². The smallest absolute Gasteiger partial charge is 0.347 e. The molecule has 0 bridgehead atoms. The van der Waals surface area contributed by atoms with E-state index >= 15 is 0 Å². The molecule has 0 saturated carbocycles. The number of aromatic nitrogens is 1. The molecule has 0 N–H and O–H groups in total. The Morgan fingerprint density at radius 3 is 2.79 bits per heavy atom. The van der Waals surface area contributed by atoms with Gasteiger partial charge in [-0.1, -0.05) is 6.92 Å². The number of nitrogens with zero attached hydrogens (tertiary/aromatic N) is 1. The largest absolute Gasteiger partial charge is 0.389 e. The van der Waals surface area contributed by atoms with E-state index in [1.165, 1.54) is 12.3 Å². The van der Waals surface area contributed by atoms with Gasteiger partial charge in [-0.25, -0.2) is 4.79 Å². The van der Waals surface area contributed by atoms with Crippen molar-refractivity contribution in [2.45, 2.75) is 13.3 Å². The molecule has 5 heteroatoms. The van der Waals surface area contributed by atoms with Crippen LogP contribution in [0.2, 0.25) is 0 Å². The van der Waals surface area contributed by atoms with Crippen molar-refractivity contribution >= 4 is 27.9 Å². The summed E-state index contributed by atoms with van der Waals surface area (Å²) >= 11 is 3.16. The Kier molecular flexibility index (Phi) is 3.76. The maximum absolute atomic E-state index is 11.3. The van der Waals surface area contributed by atoms with Gasteiger partial charge >= 0.3 is 11.9 Å². The lowest BCUT2D eigenvalue weighted by Crippen LogP contribution is -2.11. The first kappa shape index (κ1) is 10.8. The molecular weight excluding hydrogens is 250 g/mol. The van der Waals surface area contributed by atoms with E-state index in [4.69, 9.17) is 0 Å². The average Bonchev–Trinajstić information content (AvgIpc) is 2.17. The van der Waals surface area contributed by atoms with Gasteiger partial charge in [-0.2, -0.15) is 0 Å². The van der Waals surface area contributed by atoms with Crippen molar-refractivity contribution in [2.75, 3.05) is 0 Å². The fraction of sp³-hybridized carbons (Fsp3) is 0.222. The van der Waals surface area contributed by atoms with Crippen molar-refractivity contribution in [2.24, 2.45) is 0 Å². The maximum atomic E-state index is 11.3. The van der Waals surface area contributed by atoms with Gasteiger partial charge in [0.15, 0.2) is 0 Å². The average molecular weight is 258 g/mol. The Bertz CT molecular complexity index is 365. The van der Waals surface area contributed by atoms with Crippen molar-refractivity contribution in [1.29, 1.82) is 0 Å². The van der Waals surface area contributed by atoms with Gasteiger partial charge < -0.3 is 4.74 Å². The van der Waals surface area contributed by atoms with Crippen LogP contribution in [-0.4, -0.2) is 16.9 Å². The van der Waals surface area contributed by atoms with Crippen molar-refractivity contribution < 1.29 is 14.3 Å². The van der Waals surface area contributed by atoms with Gasteiger partial charge in [0.05, 0.1) is 5.56 Å².